The Morgan fingerprint density at radius 2 is 1.61 bits per heavy atom. The van der Waals surface area contributed by atoms with Gasteiger partial charge in [0, 0.05) is 50.6 Å². The Labute approximate surface area is 324 Å². The van der Waals surface area contributed by atoms with E-state index in [1.807, 2.05) is 69.0 Å². The summed E-state index contributed by atoms with van der Waals surface area (Å²) < 4.78 is 15.1. The fourth-order valence-electron chi connectivity index (χ4n) is 6.86. The van der Waals surface area contributed by atoms with Crippen molar-refractivity contribution in [3.05, 3.63) is 59.2 Å². The van der Waals surface area contributed by atoms with Crippen molar-refractivity contribution in [1.82, 2.24) is 14.7 Å². The summed E-state index contributed by atoms with van der Waals surface area (Å²) in [4.78, 5) is 45.9. The van der Waals surface area contributed by atoms with Gasteiger partial charge in [-0.2, -0.15) is 4.99 Å². The maximum absolute atomic E-state index is 12.7. The standard InChI is InChI=1S/C19H25N3O4.C11H23NO.C10H14N2O.C2H6/c1-14(23)13-26-19(25)21-10-4-6-16(9-11-21)22-12-8-15-5-2-3-7-17(15)20-18(22)24;1-3-7-12(8-4-2)11-5-9-13-10-6-11;1-7-4-8(2)6-9(5-7)12-10(11)13-3;1-2/h2-3,5,7,16H,4,6,8-13H2,1H3,(H,20,24);11H,3-10H2,1-2H3;4-6H,1-3H3,(H2,11,12);1-2H3. The number of nitrogens with two attached hydrogens (primary N) is 1. The van der Waals surface area contributed by atoms with E-state index in [2.05, 4.69) is 35.1 Å². The number of anilines is 1. The van der Waals surface area contributed by atoms with Gasteiger partial charge in [0.25, 0.3) is 6.02 Å². The van der Waals surface area contributed by atoms with E-state index in [1.165, 1.54) is 63.9 Å². The first-order valence-corrected chi connectivity index (χ1v) is 19.9. The minimum Gasteiger partial charge on any atom is -0.469 e. The van der Waals surface area contributed by atoms with E-state index in [-0.39, 0.29) is 30.5 Å². The Morgan fingerprint density at radius 1 is 0.963 bits per heavy atom. The molecule has 0 spiro atoms. The first-order chi connectivity index (χ1) is 26.0. The topological polar surface area (TPSA) is 139 Å². The van der Waals surface area contributed by atoms with Crippen molar-refractivity contribution in [1.29, 1.82) is 0 Å². The van der Waals surface area contributed by atoms with Crippen molar-refractivity contribution in [2.75, 3.05) is 65.0 Å². The summed E-state index contributed by atoms with van der Waals surface area (Å²) in [5, 5.41) is 3.00. The van der Waals surface area contributed by atoms with Crippen LogP contribution in [-0.2, 0) is 25.4 Å². The summed E-state index contributed by atoms with van der Waals surface area (Å²) in [7, 11) is 1.50. The number of benzene rings is 2. The Balaban J connectivity index is 0.000000303. The van der Waals surface area contributed by atoms with Gasteiger partial charge in [0.15, 0.2) is 12.4 Å². The van der Waals surface area contributed by atoms with E-state index in [1.54, 1.807) is 4.90 Å². The molecular weight excluding hydrogens is 684 g/mol. The number of likely N-dealkylation sites (tertiary alicyclic amines) is 1. The van der Waals surface area contributed by atoms with Gasteiger partial charge < -0.3 is 40.0 Å². The van der Waals surface area contributed by atoms with E-state index in [9.17, 15) is 14.4 Å². The number of ketones is 1. The molecule has 2 aromatic carbocycles. The first-order valence-electron chi connectivity index (χ1n) is 19.9. The minimum absolute atomic E-state index is 0.0763. The lowest BCUT2D eigenvalue weighted by atomic mass is 10.1. The number of carbonyl (C=O) groups excluding carboxylic acids is 3. The van der Waals surface area contributed by atoms with Crippen LogP contribution in [0.3, 0.4) is 0 Å². The number of fused-ring (bicyclic) bond motifs is 1. The molecule has 302 valence electrons. The SMILES string of the molecule is CC.CC(=O)COC(=O)N1CCCC(N2CCc3ccccc3NC2=O)CC1.CCCN(CCC)C1CCOCC1.COC(N)=Nc1cc(C)cc(C)c1. The molecule has 12 heteroatoms. The molecule has 2 fully saturated rings. The molecule has 3 N–H and O–H groups in total. The molecule has 3 amide bonds. The van der Waals surface area contributed by atoms with Gasteiger partial charge in [-0.05, 0) is 120 Å². The van der Waals surface area contributed by atoms with Crippen LogP contribution in [0.5, 0.6) is 0 Å². The first kappa shape index (κ1) is 46.0. The number of hydrogen-bond acceptors (Lipinski definition) is 8. The third-order valence-corrected chi connectivity index (χ3v) is 9.32. The molecule has 12 nitrogen and oxygen atoms in total. The highest BCUT2D eigenvalue weighted by Gasteiger charge is 2.30. The van der Waals surface area contributed by atoms with Gasteiger partial charge in [-0.1, -0.05) is 52.0 Å². The molecule has 0 saturated carbocycles. The number of amidine groups is 1. The van der Waals surface area contributed by atoms with E-state index in [0.717, 1.165) is 55.5 Å². The predicted octanol–water partition coefficient (Wildman–Crippen LogP) is 7.87. The Kier molecular flexibility index (Phi) is 22.0. The molecule has 54 heavy (non-hydrogen) atoms. The molecule has 3 aliphatic heterocycles. The van der Waals surface area contributed by atoms with Gasteiger partial charge in [-0.3, -0.25) is 4.79 Å². The minimum atomic E-state index is -0.450. The number of ether oxygens (including phenoxy) is 3. The molecule has 2 aromatic rings. The van der Waals surface area contributed by atoms with Crippen molar-refractivity contribution < 1.29 is 28.6 Å². The van der Waals surface area contributed by atoms with Gasteiger partial charge in [-0.25, -0.2) is 9.59 Å². The molecule has 3 aliphatic rings. The van der Waals surface area contributed by atoms with Crippen molar-refractivity contribution >= 4 is 35.3 Å². The van der Waals surface area contributed by atoms with Crippen molar-refractivity contribution in [3.63, 3.8) is 0 Å². The maximum Gasteiger partial charge on any atom is 0.410 e. The third-order valence-electron chi connectivity index (χ3n) is 9.32. The summed E-state index contributed by atoms with van der Waals surface area (Å²) >= 11 is 0. The number of amides is 3. The number of Topliss-reactive ketones (excluding diaryl/α,β-unsaturated/α-hetero) is 1. The van der Waals surface area contributed by atoms with E-state index < -0.39 is 6.09 Å². The van der Waals surface area contributed by atoms with Crippen LogP contribution in [0, 0.1) is 13.8 Å². The summed E-state index contributed by atoms with van der Waals surface area (Å²) in [5.41, 5.74) is 10.6. The second kappa shape index (κ2) is 25.8. The zero-order valence-corrected chi connectivity index (χ0v) is 34.3. The number of nitrogens with one attached hydrogen (secondary N) is 1. The number of hydrogen-bond donors (Lipinski definition) is 2. The number of aryl methyl sites for hydroxylation is 2. The van der Waals surface area contributed by atoms with E-state index >= 15 is 0 Å². The summed E-state index contributed by atoms with van der Waals surface area (Å²) in [6, 6.07) is 14.9. The molecule has 0 aliphatic carbocycles. The number of carbonyl (C=O) groups is 3. The molecule has 0 radical (unpaired) electrons. The van der Waals surface area contributed by atoms with Crippen LogP contribution in [-0.4, -0.2) is 110 Å². The summed E-state index contributed by atoms with van der Waals surface area (Å²) in [6.45, 7) is 20.0. The number of para-hydroxylation sites is 1. The van der Waals surface area contributed by atoms with Gasteiger partial charge in [0.1, 0.15) is 0 Å². The predicted molar refractivity (Wildman–Crippen MR) is 219 cm³/mol. The van der Waals surface area contributed by atoms with Gasteiger partial charge in [0.2, 0.25) is 0 Å². The molecule has 1 unspecified atom stereocenters. The fourth-order valence-corrected chi connectivity index (χ4v) is 6.86. The fraction of sp³-hybridized carbons (Fsp3) is 0.619. The second-order valence-corrected chi connectivity index (χ2v) is 13.7. The van der Waals surface area contributed by atoms with Crippen molar-refractivity contribution in [3.8, 4) is 0 Å². The zero-order valence-electron chi connectivity index (χ0n) is 34.3. The largest absolute Gasteiger partial charge is 0.469 e. The molecular formula is C42H68N6O6. The third kappa shape index (κ3) is 16.5. The number of urea groups is 1. The molecule has 3 heterocycles. The average Bonchev–Trinajstić information content (AvgIpc) is 3.51. The number of nitrogens with zero attached hydrogens (tertiary/aromatic N) is 4. The van der Waals surface area contributed by atoms with E-state index in [0.29, 0.717) is 26.1 Å². The van der Waals surface area contributed by atoms with Crippen LogP contribution in [0.4, 0.5) is 21.0 Å². The molecule has 2 saturated heterocycles. The van der Waals surface area contributed by atoms with Gasteiger partial charge in [-0.15, -0.1) is 0 Å². The van der Waals surface area contributed by atoms with Crippen molar-refractivity contribution in [2.24, 2.45) is 10.7 Å². The molecule has 1 atom stereocenters. The maximum atomic E-state index is 12.7. The summed E-state index contributed by atoms with van der Waals surface area (Å²) in [6.07, 6.45) is 7.74. The molecule has 5 rings (SSSR count). The van der Waals surface area contributed by atoms with Gasteiger partial charge in [0.05, 0.1) is 12.8 Å². The molecule has 0 bridgehead atoms. The van der Waals surface area contributed by atoms with Crippen LogP contribution < -0.4 is 11.1 Å². The average molecular weight is 753 g/mol. The normalized spacial score (nSPS) is 17.5. The Bertz CT molecular complexity index is 1420. The van der Waals surface area contributed by atoms with Crippen LogP contribution in [0.2, 0.25) is 0 Å². The molecule has 0 aromatic heterocycles. The lowest BCUT2D eigenvalue weighted by molar-refractivity contribution is -0.120. The lowest BCUT2D eigenvalue weighted by Crippen LogP contribution is -2.43. The second-order valence-electron chi connectivity index (χ2n) is 13.7. The van der Waals surface area contributed by atoms with Crippen LogP contribution in [0.1, 0.15) is 96.3 Å². The highest BCUT2D eigenvalue weighted by Crippen LogP contribution is 2.25. The highest BCUT2D eigenvalue weighted by atomic mass is 16.6. The van der Waals surface area contributed by atoms with Gasteiger partial charge >= 0.3 is 12.1 Å². The number of methoxy groups -OCH3 is 1. The number of rotatable bonds is 9. The van der Waals surface area contributed by atoms with Crippen molar-refractivity contribution in [2.45, 2.75) is 112 Å². The smallest absolute Gasteiger partial charge is 0.410 e. The Hall–Kier alpha value is -4.16. The van der Waals surface area contributed by atoms with Crippen LogP contribution in [0.15, 0.2) is 47.5 Å². The quantitative estimate of drug-likeness (QED) is 0.195. The van der Waals surface area contributed by atoms with Crippen LogP contribution >= 0.6 is 0 Å². The lowest BCUT2D eigenvalue weighted by Gasteiger charge is -2.33. The van der Waals surface area contributed by atoms with Crippen LogP contribution in [0.25, 0.3) is 0 Å². The summed E-state index contributed by atoms with van der Waals surface area (Å²) in [5.74, 6) is -0.174. The number of aliphatic imine (C=N–C) groups is 1. The van der Waals surface area contributed by atoms with E-state index in [4.69, 9.17) is 19.9 Å². The highest BCUT2D eigenvalue weighted by molar-refractivity contribution is 5.91. The monoisotopic (exact) mass is 753 g/mol. The zero-order chi connectivity index (χ0) is 39.9. The Morgan fingerprint density at radius 3 is 2.22 bits per heavy atom.